The third-order valence-electron chi connectivity index (χ3n) is 4.11. The highest BCUT2D eigenvalue weighted by Gasteiger charge is 2.24. The van der Waals surface area contributed by atoms with Gasteiger partial charge in [-0.1, -0.05) is 17.7 Å². The number of fused-ring (bicyclic) bond motifs is 1. The van der Waals surface area contributed by atoms with Crippen LogP contribution in [0.2, 0.25) is 5.02 Å². The Kier molecular flexibility index (Phi) is 5.97. The number of hydrogen-bond donors (Lipinski definition) is 2. The molecule has 2 aromatic rings. The molecule has 0 aliphatic carbocycles. The number of anilines is 1. The zero-order valence-electron chi connectivity index (χ0n) is 15.2. The van der Waals surface area contributed by atoms with E-state index in [1.165, 1.54) is 19.2 Å². The second kappa shape index (κ2) is 8.26. The van der Waals surface area contributed by atoms with Crippen LogP contribution in [0.25, 0.3) is 0 Å². The molecule has 2 aromatic carbocycles. The Balaban J connectivity index is 1.72. The SMILES string of the molecule is COc1ccc(CCNS(=O)(=O)c2cc3c(cc2Cl)NC(=O)CO3)cc1OC. The fraction of sp³-hybridized carbons (Fsp3) is 0.278. The monoisotopic (exact) mass is 426 g/mol. The molecule has 0 atom stereocenters. The van der Waals surface area contributed by atoms with Crippen molar-refractivity contribution in [1.29, 1.82) is 0 Å². The zero-order chi connectivity index (χ0) is 20.3. The van der Waals surface area contributed by atoms with Crippen LogP contribution < -0.4 is 24.2 Å². The maximum Gasteiger partial charge on any atom is 0.262 e. The lowest BCUT2D eigenvalue weighted by atomic mass is 10.1. The third-order valence-corrected chi connectivity index (χ3v) is 6.04. The highest BCUT2D eigenvalue weighted by atomic mass is 35.5. The Morgan fingerprint density at radius 3 is 2.64 bits per heavy atom. The number of ether oxygens (including phenoxy) is 3. The first-order chi connectivity index (χ1) is 13.3. The highest BCUT2D eigenvalue weighted by Crippen LogP contribution is 2.35. The molecule has 0 spiro atoms. The molecule has 28 heavy (non-hydrogen) atoms. The van der Waals surface area contributed by atoms with E-state index in [0.29, 0.717) is 23.6 Å². The molecule has 0 unspecified atom stereocenters. The summed E-state index contributed by atoms with van der Waals surface area (Å²) >= 11 is 6.11. The molecule has 0 saturated heterocycles. The van der Waals surface area contributed by atoms with Gasteiger partial charge in [0.1, 0.15) is 10.6 Å². The van der Waals surface area contributed by atoms with Crippen molar-refractivity contribution in [3.63, 3.8) is 0 Å². The fourth-order valence-electron chi connectivity index (χ4n) is 2.73. The minimum Gasteiger partial charge on any atom is -0.493 e. The third kappa shape index (κ3) is 4.32. The van der Waals surface area contributed by atoms with Crippen molar-refractivity contribution in [2.75, 3.05) is 32.7 Å². The minimum atomic E-state index is -3.87. The van der Waals surface area contributed by atoms with Crippen molar-refractivity contribution in [1.82, 2.24) is 4.72 Å². The second-order valence-electron chi connectivity index (χ2n) is 5.95. The Morgan fingerprint density at radius 1 is 1.18 bits per heavy atom. The molecule has 1 aliphatic rings. The lowest BCUT2D eigenvalue weighted by Gasteiger charge is -2.19. The smallest absolute Gasteiger partial charge is 0.262 e. The van der Waals surface area contributed by atoms with Crippen LogP contribution in [0.1, 0.15) is 5.56 Å². The van der Waals surface area contributed by atoms with E-state index in [4.69, 9.17) is 25.8 Å². The number of hydrogen-bond acceptors (Lipinski definition) is 6. The van der Waals surface area contributed by atoms with Gasteiger partial charge < -0.3 is 19.5 Å². The van der Waals surface area contributed by atoms with Crippen LogP contribution in [-0.4, -0.2) is 41.7 Å². The van der Waals surface area contributed by atoms with Gasteiger partial charge in [0.25, 0.3) is 5.91 Å². The zero-order valence-corrected chi connectivity index (χ0v) is 16.8. The summed E-state index contributed by atoms with van der Waals surface area (Å²) < 4.78 is 43.5. The van der Waals surface area contributed by atoms with Gasteiger partial charge in [-0.15, -0.1) is 0 Å². The fourth-order valence-corrected chi connectivity index (χ4v) is 4.30. The number of benzene rings is 2. The number of carbonyl (C=O) groups excluding carboxylic acids is 1. The van der Waals surface area contributed by atoms with Gasteiger partial charge in [-0.05, 0) is 30.2 Å². The van der Waals surface area contributed by atoms with E-state index in [2.05, 4.69) is 10.0 Å². The average molecular weight is 427 g/mol. The Labute approximate surface area is 167 Å². The predicted octanol–water partition coefficient (Wildman–Crippen LogP) is 2.21. The number of amides is 1. The molecule has 1 amide bonds. The second-order valence-corrected chi connectivity index (χ2v) is 8.10. The molecular weight excluding hydrogens is 408 g/mol. The number of nitrogens with one attached hydrogen (secondary N) is 2. The predicted molar refractivity (Wildman–Crippen MR) is 104 cm³/mol. The summed E-state index contributed by atoms with van der Waals surface area (Å²) in [5, 5.41) is 2.57. The number of methoxy groups -OCH3 is 2. The van der Waals surface area contributed by atoms with Gasteiger partial charge in [0.2, 0.25) is 10.0 Å². The maximum absolute atomic E-state index is 12.6. The first-order valence-corrected chi connectivity index (χ1v) is 10.2. The van der Waals surface area contributed by atoms with Crippen LogP contribution >= 0.6 is 11.6 Å². The summed E-state index contributed by atoms with van der Waals surface area (Å²) in [6.45, 7) is -0.0241. The lowest BCUT2D eigenvalue weighted by Crippen LogP contribution is -2.28. The van der Waals surface area contributed by atoms with Crippen molar-refractivity contribution in [2.45, 2.75) is 11.3 Å². The van der Waals surface area contributed by atoms with Crippen molar-refractivity contribution < 1.29 is 27.4 Å². The summed E-state index contributed by atoms with van der Waals surface area (Å²) in [7, 11) is -0.788. The van der Waals surface area contributed by atoms with E-state index in [-0.39, 0.29) is 34.7 Å². The lowest BCUT2D eigenvalue weighted by molar-refractivity contribution is -0.118. The summed E-state index contributed by atoms with van der Waals surface area (Å²) in [6, 6.07) is 8.04. The van der Waals surface area contributed by atoms with Gasteiger partial charge in [0, 0.05) is 12.6 Å². The van der Waals surface area contributed by atoms with Gasteiger partial charge in [-0.2, -0.15) is 0 Å². The molecule has 1 heterocycles. The summed E-state index contributed by atoms with van der Waals surface area (Å²) in [5.74, 6) is 1.09. The molecule has 2 N–H and O–H groups in total. The van der Waals surface area contributed by atoms with Crippen LogP contribution in [0, 0.1) is 0 Å². The maximum atomic E-state index is 12.6. The Bertz CT molecular complexity index is 1010. The molecule has 0 saturated carbocycles. The van der Waals surface area contributed by atoms with E-state index in [9.17, 15) is 13.2 Å². The van der Waals surface area contributed by atoms with Crippen LogP contribution in [0.5, 0.6) is 17.2 Å². The van der Waals surface area contributed by atoms with Gasteiger partial charge in [-0.25, -0.2) is 13.1 Å². The molecule has 0 fully saturated rings. The van der Waals surface area contributed by atoms with E-state index in [0.717, 1.165) is 5.56 Å². The van der Waals surface area contributed by atoms with Gasteiger partial charge in [-0.3, -0.25) is 4.79 Å². The molecule has 0 radical (unpaired) electrons. The van der Waals surface area contributed by atoms with Crippen molar-refractivity contribution in [3.8, 4) is 17.2 Å². The van der Waals surface area contributed by atoms with Crippen LogP contribution in [0.15, 0.2) is 35.2 Å². The summed E-state index contributed by atoms with van der Waals surface area (Å²) in [6.07, 6.45) is 0.439. The van der Waals surface area contributed by atoms with Crippen molar-refractivity contribution in [2.24, 2.45) is 0 Å². The normalized spacial score (nSPS) is 13.3. The molecule has 10 heteroatoms. The summed E-state index contributed by atoms with van der Waals surface area (Å²) in [5.41, 5.74) is 1.22. The standard InChI is InChI=1S/C18H19ClN2O6S/c1-25-14-4-3-11(7-16(14)26-2)5-6-20-28(23,24)17-9-15-13(8-12(17)19)21-18(22)10-27-15/h3-4,7-9,20H,5-6,10H2,1-2H3,(H,21,22). The number of halogens is 1. The minimum absolute atomic E-state index is 0.0110. The van der Waals surface area contributed by atoms with Crippen LogP contribution in [-0.2, 0) is 21.2 Å². The van der Waals surface area contributed by atoms with Crippen LogP contribution in [0.4, 0.5) is 5.69 Å². The van der Waals surface area contributed by atoms with E-state index >= 15 is 0 Å². The summed E-state index contributed by atoms with van der Waals surface area (Å²) in [4.78, 5) is 11.2. The number of carbonyl (C=O) groups is 1. The average Bonchev–Trinajstić information content (AvgIpc) is 2.66. The van der Waals surface area contributed by atoms with Gasteiger partial charge in [0.05, 0.1) is 24.9 Å². The Morgan fingerprint density at radius 2 is 1.93 bits per heavy atom. The topological polar surface area (TPSA) is 103 Å². The molecule has 3 rings (SSSR count). The van der Waals surface area contributed by atoms with Crippen molar-refractivity contribution in [3.05, 3.63) is 40.9 Å². The molecule has 0 bridgehead atoms. The van der Waals surface area contributed by atoms with E-state index < -0.39 is 10.0 Å². The van der Waals surface area contributed by atoms with Crippen LogP contribution in [0.3, 0.4) is 0 Å². The molecular formula is C18H19ClN2O6S. The molecule has 1 aliphatic heterocycles. The molecule has 8 nitrogen and oxygen atoms in total. The number of sulfonamides is 1. The Hall–Kier alpha value is -2.49. The van der Waals surface area contributed by atoms with E-state index in [1.807, 2.05) is 6.07 Å². The first kappa shape index (κ1) is 20.2. The highest BCUT2D eigenvalue weighted by molar-refractivity contribution is 7.89. The largest absolute Gasteiger partial charge is 0.493 e. The van der Waals surface area contributed by atoms with Gasteiger partial charge in [0.15, 0.2) is 18.1 Å². The molecule has 0 aromatic heterocycles. The quantitative estimate of drug-likeness (QED) is 0.703. The molecule has 150 valence electrons. The number of rotatable bonds is 7. The van der Waals surface area contributed by atoms with Crippen molar-refractivity contribution >= 4 is 33.2 Å². The van der Waals surface area contributed by atoms with Gasteiger partial charge >= 0.3 is 0 Å². The van der Waals surface area contributed by atoms with E-state index in [1.54, 1.807) is 19.2 Å². The first-order valence-electron chi connectivity index (χ1n) is 8.31.